The Morgan fingerprint density at radius 2 is 1.82 bits per heavy atom. The first kappa shape index (κ1) is 15.9. The molecule has 0 spiro atoms. The number of hydrogen-bond donors (Lipinski definition) is 2. The number of anilines is 1. The molecule has 4 heteroatoms. The zero-order valence-corrected chi connectivity index (χ0v) is 12.7. The molecule has 0 atom stereocenters. The van der Waals surface area contributed by atoms with E-state index in [4.69, 9.17) is 9.84 Å². The van der Waals surface area contributed by atoms with Crippen LogP contribution in [0.2, 0.25) is 0 Å². The van der Waals surface area contributed by atoms with Crippen LogP contribution < -0.4 is 10.1 Å². The largest absolute Gasteiger partial charge is 0.493 e. The van der Waals surface area contributed by atoms with Gasteiger partial charge in [-0.25, -0.2) is 4.79 Å². The van der Waals surface area contributed by atoms with Crippen LogP contribution in [0.4, 0.5) is 5.69 Å². The lowest BCUT2D eigenvalue weighted by Gasteiger charge is -2.09. The van der Waals surface area contributed by atoms with Gasteiger partial charge in [-0.1, -0.05) is 18.2 Å². The maximum Gasteiger partial charge on any atom is 0.335 e. The number of unbranched alkanes of at least 4 members (excludes halogenated alkanes) is 1. The fourth-order valence-electron chi connectivity index (χ4n) is 2.09. The standard InChI is InChI=1S/C18H21NO3/c1-14-6-2-3-7-17(14)22-13-5-4-12-19-16-10-8-15(9-11-16)18(20)21/h2-3,6-11,19H,4-5,12-13H2,1H3,(H,20,21). The maximum absolute atomic E-state index is 10.8. The normalized spacial score (nSPS) is 10.2. The van der Waals surface area contributed by atoms with E-state index in [-0.39, 0.29) is 0 Å². The minimum Gasteiger partial charge on any atom is -0.493 e. The number of ether oxygens (including phenoxy) is 1. The zero-order chi connectivity index (χ0) is 15.8. The molecule has 0 aliphatic rings. The molecule has 0 heterocycles. The van der Waals surface area contributed by atoms with Crippen LogP contribution in [0.5, 0.6) is 5.75 Å². The summed E-state index contributed by atoms with van der Waals surface area (Å²) in [4.78, 5) is 10.8. The molecule has 0 saturated carbocycles. The average Bonchev–Trinajstić information content (AvgIpc) is 2.53. The molecule has 2 aromatic rings. The summed E-state index contributed by atoms with van der Waals surface area (Å²) in [5.74, 6) is 0.0413. The second-order valence-corrected chi connectivity index (χ2v) is 5.13. The van der Waals surface area contributed by atoms with Gasteiger partial charge >= 0.3 is 5.97 Å². The molecular weight excluding hydrogens is 278 g/mol. The molecular formula is C18H21NO3. The van der Waals surface area contributed by atoms with Gasteiger partial charge in [0.25, 0.3) is 0 Å². The lowest BCUT2D eigenvalue weighted by molar-refractivity contribution is 0.0697. The minimum absolute atomic E-state index is 0.303. The number of nitrogens with one attached hydrogen (secondary N) is 1. The summed E-state index contributed by atoms with van der Waals surface area (Å²) in [6.45, 7) is 3.58. The molecule has 0 unspecified atom stereocenters. The lowest BCUT2D eigenvalue weighted by atomic mass is 10.2. The van der Waals surface area contributed by atoms with Gasteiger partial charge < -0.3 is 15.2 Å². The van der Waals surface area contributed by atoms with Gasteiger partial charge in [-0.3, -0.25) is 0 Å². The highest BCUT2D eigenvalue weighted by atomic mass is 16.5. The van der Waals surface area contributed by atoms with Crippen molar-refractivity contribution in [2.75, 3.05) is 18.5 Å². The Bertz CT molecular complexity index is 608. The number of aryl methyl sites for hydroxylation is 1. The van der Waals surface area contributed by atoms with E-state index in [9.17, 15) is 4.79 Å². The molecule has 2 aromatic carbocycles. The van der Waals surface area contributed by atoms with E-state index in [0.717, 1.165) is 36.4 Å². The van der Waals surface area contributed by atoms with E-state index in [1.165, 1.54) is 0 Å². The Balaban J connectivity index is 1.63. The van der Waals surface area contributed by atoms with Crippen molar-refractivity contribution in [3.63, 3.8) is 0 Å². The summed E-state index contributed by atoms with van der Waals surface area (Å²) in [6, 6.07) is 14.8. The summed E-state index contributed by atoms with van der Waals surface area (Å²) < 4.78 is 5.74. The van der Waals surface area contributed by atoms with Crippen LogP contribution in [0.15, 0.2) is 48.5 Å². The van der Waals surface area contributed by atoms with Crippen molar-refractivity contribution in [3.8, 4) is 5.75 Å². The first-order valence-electron chi connectivity index (χ1n) is 7.42. The quantitative estimate of drug-likeness (QED) is 0.724. The topological polar surface area (TPSA) is 58.6 Å². The second-order valence-electron chi connectivity index (χ2n) is 5.13. The third-order valence-corrected chi connectivity index (χ3v) is 3.38. The van der Waals surface area contributed by atoms with Gasteiger partial charge in [0.1, 0.15) is 5.75 Å². The molecule has 2 rings (SSSR count). The van der Waals surface area contributed by atoms with Gasteiger partial charge in [-0.05, 0) is 55.7 Å². The number of benzene rings is 2. The van der Waals surface area contributed by atoms with Crippen LogP contribution in [-0.4, -0.2) is 24.2 Å². The molecule has 0 radical (unpaired) electrons. The van der Waals surface area contributed by atoms with Crippen molar-refractivity contribution in [1.82, 2.24) is 0 Å². The van der Waals surface area contributed by atoms with Crippen LogP contribution in [0.3, 0.4) is 0 Å². The molecule has 22 heavy (non-hydrogen) atoms. The fourth-order valence-corrected chi connectivity index (χ4v) is 2.09. The smallest absolute Gasteiger partial charge is 0.335 e. The highest BCUT2D eigenvalue weighted by Gasteiger charge is 2.01. The van der Waals surface area contributed by atoms with E-state index in [2.05, 4.69) is 5.32 Å². The molecule has 2 N–H and O–H groups in total. The summed E-state index contributed by atoms with van der Waals surface area (Å²) in [7, 11) is 0. The first-order valence-corrected chi connectivity index (χ1v) is 7.42. The molecule has 4 nitrogen and oxygen atoms in total. The molecule has 0 amide bonds. The van der Waals surface area contributed by atoms with Crippen molar-refractivity contribution < 1.29 is 14.6 Å². The van der Waals surface area contributed by atoms with Gasteiger partial charge in [0.05, 0.1) is 12.2 Å². The number of carbonyl (C=O) groups is 1. The summed E-state index contributed by atoms with van der Waals surface area (Å²) in [6.07, 6.45) is 1.96. The van der Waals surface area contributed by atoms with Crippen LogP contribution in [-0.2, 0) is 0 Å². The van der Waals surface area contributed by atoms with Crippen LogP contribution in [0, 0.1) is 6.92 Å². The first-order chi connectivity index (χ1) is 10.7. The number of carboxylic acids is 1. The van der Waals surface area contributed by atoms with E-state index < -0.39 is 5.97 Å². The molecule has 0 fully saturated rings. The summed E-state index contributed by atoms with van der Waals surface area (Å²) >= 11 is 0. The van der Waals surface area contributed by atoms with E-state index in [1.54, 1.807) is 24.3 Å². The molecule has 0 aliphatic heterocycles. The molecule has 116 valence electrons. The minimum atomic E-state index is -0.903. The molecule has 0 bridgehead atoms. The van der Waals surface area contributed by atoms with Crippen LogP contribution in [0.1, 0.15) is 28.8 Å². The fraction of sp³-hybridized carbons (Fsp3) is 0.278. The van der Waals surface area contributed by atoms with Crippen molar-refractivity contribution in [1.29, 1.82) is 0 Å². The van der Waals surface area contributed by atoms with Gasteiger partial charge in [0.15, 0.2) is 0 Å². The van der Waals surface area contributed by atoms with Crippen LogP contribution in [0.25, 0.3) is 0 Å². The lowest BCUT2D eigenvalue weighted by Crippen LogP contribution is -2.05. The molecule has 0 saturated heterocycles. The maximum atomic E-state index is 10.8. The highest BCUT2D eigenvalue weighted by molar-refractivity contribution is 5.87. The second kappa shape index (κ2) is 8.08. The predicted molar refractivity (Wildman–Crippen MR) is 87.8 cm³/mol. The number of hydrogen-bond acceptors (Lipinski definition) is 3. The zero-order valence-electron chi connectivity index (χ0n) is 12.7. The Kier molecular flexibility index (Phi) is 5.83. The number of rotatable bonds is 8. The molecule has 0 aromatic heterocycles. The van der Waals surface area contributed by atoms with Gasteiger partial charge in [0.2, 0.25) is 0 Å². The third-order valence-electron chi connectivity index (χ3n) is 3.38. The summed E-state index contributed by atoms with van der Waals surface area (Å²) in [5, 5.41) is 12.1. The summed E-state index contributed by atoms with van der Waals surface area (Å²) in [5.41, 5.74) is 2.39. The highest BCUT2D eigenvalue weighted by Crippen LogP contribution is 2.16. The Morgan fingerprint density at radius 3 is 2.50 bits per heavy atom. The predicted octanol–water partition coefficient (Wildman–Crippen LogP) is 3.96. The van der Waals surface area contributed by atoms with Gasteiger partial charge in [-0.2, -0.15) is 0 Å². The average molecular weight is 299 g/mol. The number of carboxylic acid groups (broad SMARTS) is 1. The monoisotopic (exact) mass is 299 g/mol. The Morgan fingerprint density at radius 1 is 1.09 bits per heavy atom. The van der Waals surface area contributed by atoms with E-state index in [1.807, 2.05) is 31.2 Å². The van der Waals surface area contributed by atoms with E-state index >= 15 is 0 Å². The van der Waals surface area contributed by atoms with Crippen molar-refractivity contribution in [2.24, 2.45) is 0 Å². The Hall–Kier alpha value is -2.49. The number of aromatic carboxylic acids is 1. The van der Waals surface area contributed by atoms with Gasteiger partial charge in [-0.15, -0.1) is 0 Å². The van der Waals surface area contributed by atoms with E-state index in [0.29, 0.717) is 12.2 Å². The molecule has 0 aliphatic carbocycles. The SMILES string of the molecule is Cc1ccccc1OCCCCNc1ccc(C(=O)O)cc1. The van der Waals surface area contributed by atoms with Gasteiger partial charge in [0, 0.05) is 12.2 Å². The third kappa shape index (κ3) is 4.81. The van der Waals surface area contributed by atoms with Crippen molar-refractivity contribution >= 4 is 11.7 Å². The number of para-hydroxylation sites is 1. The van der Waals surface area contributed by atoms with Crippen LogP contribution >= 0.6 is 0 Å². The van der Waals surface area contributed by atoms with Crippen molar-refractivity contribution in [3.05, 3.63) is 59.7 Å². The van der Waals surface area contributed by atoms with Crippen molar-refractivity contribution in [2.45, 2.75) is 19.8 Å². The Labute approximate surface area is 130 Å².